The van der Waals surface area contributed by atoms with E-state index < -0.39 is 10.0 Å². The summed E-state index contributed by atoms with van der Waals surface area (Å²) < 4.78 is 25.6. The summed E-state index contributed by atoms with van der Waals surface area (Å²) in [4.78, 5) is 12.5. The van der Waals surface area contributed by atoms with Crippen LogP contribution in [0.2, 0.25) is 0 Å². The van der Waals surface area contributed by atoms with E-state index in [1.165, 1.54) is 0 Å². The van der Waals surface area contributed by atoms with Crippen LogP contribution < -0.4 is 9.62 Å². The van der Waals surface area contributed by atoms with Gasteiger partial charge in [-0.2, -0.15) is 0 Å². The monoisotopic (exact) mass is 388 g/mol. The number of nitrogens with one attached hydrogen (secondary N) is 1. The predicted octanol–water partition coefficient (Wildman–Crippen LogP) is 3.63. The van der Waals surface area contributed by atoms with E-state index in [0.29, 0.717) is 5.69 Å². The molecule has 0 spiro atoms. The second kappa shape index (κ2) is 8.13. The molecule has 0 saturated heterocycles. The average Bonchev–Trinajstić information content (AvgIpc) is 2.59. The van der Waals surface area contributed by atoms with Crippen molar-refractivity contribution in [3.05, 3.63) is 65.7 Å². The lowest BCUT2D eigenvalue weighted by molar-refractivity contribution is -0.120. The lowest BCUT2D eigenvalue weighted by Gasteiger charge is -2.25. The van der Waals surface area contributed by atoms with Crippen molar-refractivity contribution in [2.75, 3.05) is 17.1 Å². The van der Waals surface area contributed by atoms with Crippen molar-refractivity contribution in [1.82, 2.24) is 5.32 Å². The van der Waals surface area contributed by atoms with Crippen molar-refractivity contribution in [3.63, 3.8) is 0 Å². The summed E-state index contributed by atoms with van der Waals surface area (Å²) in [5, 5.41) is 2.86. The Bertz CT molecular complexity index is 870. The summed E-state index contributed by atoms with van der Waals surface area (Å²) in [6.07, 6.45) is 1.11. The Balaban J connectivity index is 2.16. The average molecular weight is 389 g/mol. The van der Waals surface area contributed by atoms with Gasteiger partial charge in [-0.05, 0) is 35.6 Å². The van der Waals surface area contributed by atoms with Gasteiger partial charge < -0.3 is 5.32 Å². The fourth-order valence-electron chi connectivity index (χ4n) is 2.77. The lowest BCUT2D eigenvalue weighted by Crippen LogP contribution is -2.41. The molecule has 2 rings (SSSR count). The fraction of sp³-hybridized carbons (Fsp3) is 0.381. The molecule has 0 fully saturated rings. The molecule has 2 aromatic carbocycles. The highest BCUT2D eigenvalue weighted by Crippen LogP contribution is 2.26. The molecule has 0 radical (unpaired) electrons. The zero-order valence-corrected chi connectivity index (χ0v) is 17.4. The van der Waals surface area contributed by atoms with Gasteiger partial charge in [0.2, 0.25) is 15.9 Å². The van der Waals surface area contributed by atoms with Gasteiger partial charge in [0.25, 0.3) is 0 Å². The molecule has 1 unspecified atom stereocenters. The van der Waals surface area contributed by atoms with Gasteiger partial charge in [-0.3, -0.25) is 9.10 Å². The highest BCUT2D eigenvalue weighted by Gasteiger charge is 2.22. The first-order valence-electron chi connectivity index (χ1n) is 8.91. The largest absolute Gasteiger partial charge is 0.348 e. The molecule has 6 heteroatoms. The number of benzene rings is 2. The first kappa shape index (κ1) is 21.0. The molecule has 0 aromatic heterocycles. The number of carbonyl (C=O) groups is 1. The Labute approximate surface area is 162 Å². The number of sulfonamides is 1. The lowest BCUT2D eigenvalue weighted by atomic mass is 9.87. The van der Waals surface area contributed by atoms with Gasteiger partial charge in [-0.1, -0.05) is 63.2 Å². The molecule has 0 aliphatic rings. The van der Waals surface area contributed by atoms with E-state index in [1.807, 2.05) is 49.4 Å². The van der Waals surface area contributed by atoms with Crippen molar-refractivity contribution < 1.29 is 13.2 Å². The van der Waals surface area contributed by atoms with E-state index in [9.17, 15) is 13.2 Å². The van der Waals surface area contributed by atoms with E-state index in [2.05, 4.69) is 26.1 Å². The zero-order chi connectivity index (χ0) is 20.2. The number of carbonyl (C=O) groups excluding carboxylic acids is 1. The molecule has 27 heavy (non-hydrogen) atoms. The van der Waals surface area contributed by atoms with Gasteiger partial charge in [0, 0.05) is 0 Å². The molecule has 0 aliphatic heterocycles. The summed E-state index contributed by atoms with van der Waals surface area (Å²) in [6.45, 7) is 7.89. The van der Waals surface area contributed by atoms with E-state index in [4.69, 9.17) is 0 Å². The van der Waals surface area contributed by atoms with Crippen LogP contribution in [0.5, 0.6) is 0 Å². The zero-order valence-electron chi connectivity index (χ0n) is 16.6. The van der Waals surface area contributed by atoms with Crippen LogP contribution >= 0.6 is 0 Å². The van der Waals surface area contributed by atoms with Crippen LogP contribution in [-0.4, -0.2) is 27.1 Å². The number of rotatable bonds is 6. The Hall–Kier alpha value is -2.34. The molecule has 1 amide bonds. The van der Waals surface area contributed by atoms with Crippen LogP contribution in [0.15, 0.2) is 54.6 Å². The van der Waals surface area contributed by atoms with Crippen LogP contribution in [0.3, 0.4) is 0 Å². The summed E-state index contributed by atoms with van der Waals surface area (Å²) in [5.74, 6) is -0.350. The van der Waals surface area contributed by atoms with Crippen molar-refractivity contribution in [3.8, 4) is 0 Å². The number of anilines is 1. The maximum Gasteiger partial charge on any atom is 0.241 e. The topological polar surface area (TPSA) is 66.5 Å². The number of nitrogens with zero attached hydrogens (tertiary/aromatic N) is 1. The fourth-order valence-corrected chi connectivity index (χ4v) is 3.63. The van der Waals surface area contributed by atoms with Gasteiger partial charge >= 0.3 is 0 Å². The summed E-state index contributed by atoms with van der Waals surface area (Å²) >= 11 is 0. The van der Waals surface area contributed by atoms with E-state index in [-0.39, 0.29) is 23.9 Å². The third kappa shape index (κ3) is 5.82. The molecule has 0 heterocycles. The van der Waals surface area contributed by atoms with Gasteiger partial charge in [0.15, 0.2) is 0 Å². The highest BCUT2D eigenvalue weighted by atomic mass is 32.2. The molecular weight excluding hydrogens is 360 g/mol. The van der Waals surface area contributed by atoms with Gasteiger partial charge in [-0.15, -0.1) is 0 Å². The molecular formula is C21H28N2O3S. The van der Waals surface area contributed by atoms with Gasteiger partial charge in [0.05, 0.1) is 18.0 Å². The molecule has 0 aliphatic carbocycles. The molecule has 146 valence electrons. The minimum absolute atomic E-state index is 0.0308. The van der Waals surface area contributed by atoms with E-state index in [0.717, 1.165) is 21.7 Å². The van der Waals surface area contributed by atoms with Crippen molar-refractivity contribution >= 4 is 21.6 Å². The molecule has 5 nitrogen and oxygen atoms in total. The molecule has 1 N–H and O–H groups in total. The van der Waals surface area contributed by atoms with Gasteiger partial charge in [0.1, 0.15) is 6.54 Å². The summed E-state index contributed by atoms with van der Waals surface area (Å²) in [6, 6.07) is 16.6. The predicted molar refractivity (Wildman–Crippen MR) is 110 cm³/mol. The van der Waals surface area contributed by atoms with E-state index >= 15 is 0 Å². The minimum atomic E-state index is -3.59. The Morgan fingerprint density at radius 3 is 2.07 bits per heavy atom. The maximum absolute atomic E-state index is 12.5. The van der Waals surface area contributed by atoms with Crippen LogP contribution in [0, 0.1) is 0 Å². The number of hydrogen-bond acceptors (Lipinski definition) is 3. The van der Waals surface area contributed by atoms with Gasteiger partial charge in [-0.25, -0.2) is 8.42 Å². The first-order valence-corrected chi connectivity index (χ1v) is 10.8. The van der Waals surface area contributed by atoms with Crippen LogP contribution in [0.25, 0.3) is 0 Å². The Morgan fingerprint density at radius 2 is 1.59 bits per heavy atom. The van der Waals surface area contributed by atoms with Crippen molar-refractivity contribution in [2.24, 2.45) is 0 Å². The van der Waals surface area contributed by atoms with Crippen molar-refractivity contribution in [1.29, 1.82) is 0 Å². The second-order valence-electron chi connectivity index (χ2n) is 7.77. The Kier molecular flexibility index (Phi) is 6.31. The summed E-state index contributed by atoms with van der Waals surface area (Å²) in [7, 11) is -3.59. The first-order chi connectivity index (χ1) is 12.5. The molecule has 0 bridgehead atoms. The normalized spacial score (nSPS) is 13.1. The standard InChI is InChI=1S/C21H28N2O3S/c1-16(17-9-7-6-8-10-17)22-20(24)15-23(27(5,25)26)19-13-11-18(12-14-19)21(2,3)4/h6-14,16H,15H2,1-5H3,(H,22,24). The van der Waals surface area contributed by atoms with Crippen molar-refractivity contribution in [2.45, 2.75) is 39.2 Å². The number of amides is 1. The number of hydrogen-bond donors (Lipinski definition) is 1. The second-order valence-corrected chi connectivity index (χ2v) is 9.67. The van der Waals surface area contributed by atoms with Crippen LogP contribution in [0.1, 0.15) is 44.9 Å². The van der Waals surface area contributed by atoms with Crippen LogP contribution in [-0.2, 0) is 20.2 Å². The third-order valence-electron chi connectivity index (χ3n) is 4.39. The third-order valence-corrected chi connectivity index (χ3v) is 5.53. The Morgan fingerprint density at radius 1 is 1.04 bits per heavy atom. The maximum atomic E-state index is 12.5. The van der Waals surface area contributed by atoms with Crippen LogP contribution in [0.4, 0.5) is 5.69 Å². The highest BCUT2D eigenvalue weighted by molar-refractivity contribution is 7.92. The summed E-state index contributed by atoms with van der Waals surface area (Å²) in [5.41, 5.74) is 2.51. The molecule has 1 atom stereocenters. The minimum Gasteiger partial charge on any atom is -0.348 e. The quantitative estimate of drug-likeness (QED) is 0.822. The van der Waals surface area contributed by atoms with E-state index in [1.54, 1.807) is 12.1 Å². The smallest absolute Gasteiger partial charge is 0.241 e. The molecule has 0 saturated carbocycles. The SMILES string of the molecule is CC(NC(=O)CN(c1ccc(C(C)(C)C)cc1)S(C)(=O)=O)c1ccccc1. The molecule has 2 aromatic rings.